The Morgan fingerprint density at radius 1 is 1.24 bits per heavy atom. The van der Waals surface area contributed by atoms with Crippen molar-refractivity contribution < 1.29 is 9.53 Å². The van der Waals surface area contributed by atoms with Gasteiger partial charge in [-0.15, -0.1) is 0 Å². The molecule has 0 N–H and O–H groups in total. The zero-order valence-corrected chi connectivity index (χ0v) is 14.9. The van der Waals surface area contributed by atoms with E-state index in [0.29, 0.717) is 25.5 Å². The van der Waals surface area contributed by atoms with Crippen molar-refractivity contribution in [2.24, 2.45) is 7.05 Å². The molecular formula is C18H22N4O3. The molecule has 7 heteroatoms. The zero-order chi connectivity index (χ0) is 18.1. The summed E-state index contributed by atoms with van der Waals surface area (Å²) in [5.74, 6) is 0.408. The van der Waals surface area contributed by atoms with Crippen molar-refractivity contribution in [2.45, 2.75) is 26.9 Å². The van der Waals surface area contributed by atoms with Gasteiger partial charge in [0.25, 0.3) is 11.5 Å². The highest BCUT2D eigenvalue weighted by molar-refractivity contribution is 5.94. The van der Waals surface area contributed by atoms with E-state index in [1.165, 1.54) is 4.57 Å². The van der Waals surface area contributed by atoms with E-state index in [2.05, 4.69) is 9.97 Å². The van der Waals surface area contributed by atoms with Crippen LogP contribution in [-0.4, -0.2) is 45.0 Å². The average molecular weight is 342 g/mol. The molecule has 2 aromatic heterocycles. The summed E-state index contributed by atoms with van der Waals surface area (Å²) in [6, 6.07) is 5.25. The van der Waals surface area contributed by atoms with E-state index in [0.717, 1.165) is 17.1 Å². The number of nitrogens with zero attached hydrogens (tertiary/aromatic N) is 4. The Morgan fingerprint density at radius 2 is 2.00 bits per heavy atom. The Hall–Kier alpha value is -2.54. The standard InChI is InChI=1S/C18H22N4O3/c1-11-9-15(20-13(3)19-11)16-10-22(7-8-25-16)18(24)14-6-5-12(2)21(4)17(14)23/h5-6,9,16H,7-8,10H2,1-4H3. The first-order valence-corrected chi connectivity index (χ1v) is 8.26. The highest BCUT2D eigenvalue weighted by Gasteiger charge is 2.28. The molecule has 0 radical (unpaired) electrons. The van der Waals surface area contributed by atoms with Gasteiger partial charge in [-0.2, -0.15) is 0 Å². The number of ether oxygens (including phenoxy) is 1. The molecule has 1 aliphatic heterocycles. The van der Waals surface area contributed by atoms with Crippen LogP contribution < -0.4 is 5.56 Å². The SMILES string of the molecule is Cc1cc(C2CN(C(=O)c3ccc(C)n(C)c3=O)CCO2)nc(C)n1. The van der Waals surface area contributed by atoms with E-state index >= 15 is 0 Å². The number of aryl methyl sites for hydroxylation is 3. The fraction of sp³-hybridized carbons (Fsp3) is 0.444. The van der Waals surface area contributed by atoms with Gasteiger partial charge in [0.2, 0.25) is 0 Å². The van der Waals surface area contributed by atoms with Crippen LogP contribution >= 0.6 is 0 Å². The third-order valence-corrected chi connectivity index (χ3v) is 4.46. The second-order valence-corrected chi connectivity index (χ2v) is 6.34. The van der Waals surface area contributed by atoms with Gasteiger partial charge in [-0.05, 0) is 39.0 Å². The van der Waals surface area contributed by atoms with Crippen molar-refractivity contribution in [2.75, 3.05) is 19.7 Å². The molecule has 0 aromatic carbocycles. The van der Waals surface area contributed by atoms with Crippen LogP contribution in [0.2, 0.25) is 0 Å². The molecule has 3 rings (SSSR count). The first kappa shape index (κ1) is 17.3. The number of hydrogen-bond acceptors (Lipinski definition) is 5. The summed E-state index contributed by atoms with van der Waals surface area (Å²) in [6.45, 7) is 6.80. The molecule has 25 heavy (non-hydrogen) atoms. The van der Waals surface area contributed by atoms with E-state index in [9.17, 15) is 9.59 Å². The minimum Gasteiger partial charge on any atom is -0.368 e. The van der Waals surface area contributed by atoms with Crippen LogP contribution in [0.5, 0.6) is 0 Å². The number of morpholine rings is 1. The summed E-state index contributed by atoms with van der Waals surface area (Å²) in [7, 11) is 1.67. The topological polar surface area (TPSA) is 77.3 Å². The Kier molecular flexibility index (Phi) is 4.67. The lowest BCUT2D eigenvalue weighted by atomic mass is 10.1. The van der Waals surface area contributed by atoms with Gasteiger partial charge in [0.15, 0.2) is 0 Å². The van der Waals surface area contributed by atoms with Crippen LogP contribution in [0, 0.1) is 20.8 Å². The van der Waals surface area contributed by atoms with Gasteiger partial charge in [-0.3, -0.25) is 9.59 Å². The molecule has 0 bridgehead atoms. The second-order valence-electron chi connectivity index (χ2n) is 6.34. The highest BCUT2D eigenvalue weighted by Crippen LogP contribution is 2.22. The van der Waals surface area contributed by atoms with Crippen LogP contribution in [0.3, 0.4) is 0 Å². The van der Waals surface area contributed by atoms with Gasteiger partial charge in [0.05, 0.1) is 18.8 Å². The number of aromatic nitrogens is 3. The van der Waals surface area contributed by atoms with Crippen LogP contribution in [0.25, 0.3) is 0 Å². The van der Waals surface area contributed by atoms with Crippen LogP contribution in [0.1, 0.15) is 39.4 Å². The van der Waals surface area contributed by atoms with E-state index in [-0.39, 0.29) is 23.1 Å². The monoisotopic (exact) mass is 342 g/mol. The molecule has 0 saturated carbocycles. The molecule has 1 amide bonds. The maximum atomic E-state index is 12.8. The van der Waals surface area contributed by atoms with Crippen LogP contribution in [-0.2, 0) is 11.8 Å². The third-order valence-electron chi connectivity index (χ3n) is 4.46. The maximum Gasteiger partial charge on any atom is 0.263 e. The van der Waals surface area contributed by atoms with Gasteiger partial charge in [-0.25, -0.2) is 9.97 Å². The highest BCUT2D eigenvalue weighted by atomic mass is 16.5. The van der Waals surface area contributed by atoms with Crippen molar-refractivity contribution >= 4 is 5.91 Å². The van der Waals surface area contributed by atoms with Crippen molar-refractivity contribution in [1.29, 1.82) is 0 Å². The predicted octanol–water partition coefficient (Wildman–Crippen LogP) is 1.31. The summed E-state index contributed by atoms with van der Waals surface area (Å²) in [6.07, 6.45) is -0.313. The summed E-state index contributed by atoms with van der Waals surface area (Å²) in [5.41, 5.74) is 2.35. The number of rotatable bonds is 2. The summed E-state index contributed by atoms with van der Waals surface area (Å²) in [5, 5.41) is 0. The fourth-order valence-electron chi connectivity index (χ4n) is 2.98. The Labute approximate surface area is 146 Å². The van der Waals surface area contributed by atoms with Gasteiger partial charge in [-0.1, -0.05) is 0 Å². The molecule has 0 spiro atoms. The zero-order valence-electron chi connectivity index (χ0n) is 14.9. The number of carbonyl (C=O) groups excluding carboxylic acids is 1. The van der Waals surface area contributed by atoms with Crippen molar-refractivity contribution in [3.63, 3.8) is 0 Å². The van der Waals surface area contributed by atoms with Crippen molar-refractivity contribution in [3.05, 3.63) is 57.0 Å². The maximum absolute atomic E-state index is 12.8. The number of amides is 1. The Morgan fingerprint density at radius 3 is 2.72 bits per heavy atom. The van der Waals surface area contributed by atoms with Crippen molar-refractivity contribution in [1.82, 2.24) is 19.4 Å². The lowest BCUT2D eigenvalue weighted by Crippen LogP contribution is -2.44. The summed E-state index contributed by atoms with van der Waals surface area (Å²) >= 11 is 0. The molecule has 0 aliphatic carbocycles. The number of carbonyl (C=O) groups is 1. The van der Waals surface area contributed by atoms with Crippen LogP contribution in [0.15, 0.2) is 23.0 Å². The first-order chi connectivity index (χ1) is 11.9. The minimum absolute atomic E-state index is 0.184. The molecule has 1 aliphatic rings. The lowest BCUT2D eigenvalue weighted by Gasteiger charge is -2.32. The lowest BCUT2D eigenvalue weighted by molar-refractivity contribution is -0.0249. The van der Waals surface area contributed by atoms with E-state index in [1.54, 1.807) is 24.1 Å². The molecule has 1 fully saturated rings. The smallest absolute Gasteiger partial charge is 0.263 e. The average Bonchev–Trinajstić information content (AvgIpc) is 2.58. The molecule has 1 atom stereocenters. The molecular weight excluding hydrogens is 320 g/mol. The van der Waals surface area contributed by atoms with Crippen molar-refractivity contribution in [3.8, 4) is 0 Å². The molecule has 1 saturated heterocycles. The number of pyridine rings is 1. The third kappa shape index (κ3) is 3.46. The summed E-state index contributed by atoms with van der Waals surface area (Å²) in [4.78, 5) is 35.6. The molecule has 132 valence electrons. The molecule has 7 nitrogen and oxygen atoms in total. The van der Waals surface area contributed by atoms with Gasteiger partial charge in [0, 0.05) is 25.0 Å². The van der Waals surface area contributed by atoms with Gasteiger partial charge in [0.1, 0.15) is 17.5 Å². The summed E-state index contributed by atoms with van der Waals surface area (Å²) < 4.78 is 7.28. The fourth-order valence-corrected chi connectivity index (χ4v) is 2.98. The predicted molar refractivity (Wildman–Crippen MR) is 92.5 cm³/mol. The Balaban J connectivity index is 1.85. The molecule has 3 heterocycles. The quantitative estimate of drug-likeness (QED) is 0.822. The second kappa shape index (κ2) is 6.76. The number of hydrogen-bond donors (Lipinski definition) is 0. The van der Waals surface area contributed by atoms with Gasteiger partial charge < -0.3 is 14.2 Å². The normalized spacial score (nSPS) is 17.6. The van der Waals surface area contributed by atoms with E-state index in [1.807, 2.05) is 26.8 Å². The molecule has 1 unspecified atom stereocenters. The Bertz CT molecular complexity index is 855. The largest absolute Gasteiger partial charge is 0.368 e. The molecule has 2 aromatic rings. The van der Waals surface area contributed by atoms with E-state index in [4.69, 9.17) is 4.74 Å². The van der Waals surface area contributed by atoms with Gasteiger partial charge >= 0.3 is 0 Å². The van der Waals surface area contributed by atoms with Crippen LogP contribution in [0.4, 0.5) is 0 Å². The minimum atomic E-state index is -0.313. The van der Waals surface area contributed by atoms with E-state index < -0.39 is 0 Å². The first-order valence-electron chi connectivity index (χ1n) is 8.26.